The summed E-state index contributed by atoms with van der Waals surface area (Å²) in [6.07, 6.45) is 5.46. The van der Waals surface area contributed by atoms with Crippen LogP contribution in [0.3, 0.4) is 0 Å². The van der Waals surface area contributed by atoms with Gasteiger partial charge >= 0.3 is 0 Å². The lowest BCUT2D eigenvalue weighted by atomic mass is 10.1. The monoisotopic (exact) mass is 258 g/mol. The van der Waals surface area contributed by atoms with Gasteiger partial charge in [-0.25, -0.2) is 4.68 Å². The van der Waals surface area contributed by atoms with Crippen LogP contribution in [0.15, 0.2) is 42.9 Å². The number of hydrogen-bond acceptors (Lipinski definition) is 3. The highest BCUT2D eigenvalue weighted by Gasteiger charge is 2.09. The molecule has 0 aliphatic heterocycles. The number of pyridine rings is 1. The van der Waals surface area contributed by atoms with Gasteiger partial charge in [0.05, 0.1) is 17.3 Å². The zero-order valence-corrected chi connectivity index (χ0v) is 10.5. The van der Waals surface area contributed by atoms with Crippen molar-refractivity contribution < 1.29 is 0 Å². The van der Waals surface area contributed by atoms with Gasteiger partial charge in [0.25, 0.3) is 0 Å². The molecule has 18 heavy (non-hydrogen) atoms. The fourth-order valence-corrected chi connectivity index (χ4v) is 1.98. The van der Waals surface area contributed by atoms with E-state index in [-0.39, 0.29) is 5.38 Å². The van der Waals surface area contributed by atoms with Crippen molar-refractivity contribution >= 4 is 22.4 Å². The molecule has 0 saturated heterocycles. The van der Waals surface area contributed by atoms with Crippen molar-refractivity contribution in [3.63, 3.8) is 0 Å². The van der Waals surface area contributed by atoms with Gasteiger partial charge in [-0.15, -0.1) is 16.7 Å². The fraction of sp³-hybridized carbons (Fsp3) is 0.154. The van der Waals surface area contributed by atoms with Crippen LogP contribution in [0.1, 0.15) is 18.0 Å². The average Bonchev–Trinajstić information content (AvgIpc) is 2.87. The van der Waals surface area contributed by atoms with E-state index in [4.69, 9.17) is 11.6 Å². The van der Waals surface area contributed by atoms with Gasteiger partial charge in [-0.3, -0.25) is 4.98 Å². The Kier molecular flexibility index (Phi) is 2.72. The van der Waals surface area contributed by atoms with E-state index in [9.17, 15) is 0 Å². The highest BCUT2D eigenvalue weighted by Crippen LogP contribution is 2.22. The molecule has 0 bridgehead atoms. The Morgan fingerprint density at radius 3 is 2.94 bits per heavy atom. The first-order valence-corrected chi connectivity index (χ1v) is 6.09. The van der Waals surface area contributed by atoms with Gasteiger partial charge in [-0.2, -0.15) is 0 Å². The summed E-state index contributed by atoms with van der Waals surface area (Å²) in [5.74, 6) is 0. The smallest absolute Gasteiger partial charge is 0.101 e. The highest BCUT2D eigenvalue weighted by molar-refractivity contribution is 6.20. The Morgan fingerprint density at radius 2 is 2.17 bits per heavy atom. The van der Waals surface area contributed by atoms with Crippen molar-refractivity contribution in [2.24, 2.45) is 0 Å². The van der Waals surface area contributed by atoms with Crippen molar-refractivity contribution in [3.05, 3.63) is 48.5 Å². The van der Waals surface area contributed by atoms with Crippen LogP contribution in [-0.2, 0) is 0 Å². The van der Waals surface area contributed by atoms with Crippen molar-refractivity contribution in [1.82, 2.24) is 20.0 Å². The van der Waals surface area contributed by atoms with E-state index < -0.39 is 0 Å². The predicted octanol–water partition coefficient (Wildman–Crippen LogP) is 3.12. The van der Waals surface area contributed by atoms with Crippen LogP contribution in [-0.4, -0.2) is 20.0 Å². The van der Waals surface area contributed by atoms with Gasteiger partial charge in [0, 0.05) is 23.2 Å². The molecule has 3 aromatic rings. The normalized spacial score (nSPS) is 12.8. The molecular weight excluding hydrogens is 248 g/mol. The number of rotatable bonds is 2. The first kappa shape index (κ1) is 11.2. The number of fused-ring (bicyclic) bond motifs is 1. The molecule has 1 unspecified atom stereocenters. The van der Waals surface area contributed by atoms with E-state index in [1.54, 1.807) is 10.9 Å². The maximum atomic E-state index is 6.00. The second-order valence-corrected chi connectivity index (χ2v) is 4.73. The van der Waals surface area contributed by atoms with Gasteiger partial charge in [0.15, 0.2) is 0 Å². The molecule has 5 heteroatoms. The molecule has 3 rings (SSSR count). The first-order chi connectivity index (χ1) is 8.75. The average molecular weight is 259 g/mol. The minimum Gasteiger partial charge on any atom is -0.264 e. The third kappa shape index (κ3) is 1.84. The summed E-state index contributed by atoms with van der Waals surface area (Å²) >= 11 is 6.00. The molecule has 1 atom stereocenters. The van der Waals surface area contributed by atoms with E-state index in [1.165, 1.54) is 0 Å². The summed E-state index contributed by atoms with van der Waals surface area (Å²) in [6.45, 7) is 1.88. The molecule has 0 amide bonds. The predicted molar refractivity (Wildman–Crippen MR) is 70.9 cm³/mol. The summed E-state index contributed by atoms with van der Waals surface area (Å²) in [6, 6.07) is 7.97. The quantitative estimate of drug-likeness (QED) is 0.664. The van der Waals surface area contributed by atoms with Gasteiger partial charge in [0.1, 0.15) is 5.69 Å². The van der Waals surface area contributed by atoms with Gasteiger partial charge < -0.3 is 0 Å². The highest BCUT2D eigenvalue weighted by atomic mass is 35.5. The third-order valence-corrected chi connectivity index (χ3v) is 3.05. The number of benzene rings is 1. The lowest BCUT2D eigenvalue weighted by Crippen LogP contribution is -1.96. The fourth-order valence-electron chi connectivity index (χ4n) is 1.88. The van der Waals surface area contributed by atoms with Crippen LogP contribution in [0.5, 0.6) is 0 Å². The summed E-state index contributed by atoms with van der Waals surface area (Å²) < 4.78 is 1.75. The molecule has 0 saturated carbocycles. The Balaban J connectivity index is 2.18. The van der Waals surface area contributed by atoms with E-state index in [2.05, 4.69) is 15.3 Å². The third-order valence-electron chi connectivity index (χ3n) is 2.82. The molecule has 0 aliphatic carbocycles. The van der Waals surface area contributed by atoms with Crippen LogP contribution >= 0.6 is 11.6 Å². The number of aromatic nitrogens is 4. The minimum absolute atomic E-state index is 0.143. The largest absolute Gasteiger partial charge is 0.264 e. The molecule has 0 radical (unpaired) electrons. The molecule has 0 aliphatic rings. The maximum Gasteiger partial charge on any atom is 0.101 e. The number of nitrogens with zero attached hydrogens (tertiary/aromatic N) is 4. The van der Waals surface area contributed by atoms with Crippen molar-refractivity contribution in [2.45, 2.75) is 12.3 Å². The van der Waals surface area contributed by atoms with E-state index >= 15 is 0 Å². The van der Waals surface area contributed by atoms with Crippen molar-refractivity contribution in [3.8, 4) is 5.69 Å². The molecule has 2 heterocycles. The van der Waals surface area contributed by atoms with E-state index in [0.717, 1.165) is 22.2 Å². The molecular formula is C13H11ClN4. The van der Waals surface area contributed by atoms with Gasteiger partial charge in [0.2, 0.25) is 0 Å². The topological polar surface area (TPSA) is 43.6 Å². The minimum atomic E-state index is -0.143. The summed E-state index contributed by atoms with van der Waals surface area (Å²) in [7, 11) is 0. The van der Waals surface area contributed by atoms with Gasteiger partial charge in [-0.05, 0) is 19.1 Å². The maximum absolute atomic E-state index is 6.00. The lowest BCUT2D eigenvalue weighted by Gasteiger charge is -2.04. The zero-order valence-electron chi connectivity index (χ0n) is 9.79. The van der Waals surface area contributed by atoms with E-state index in [0.29, 0.717) is 0 Å². The van der Waals surface area contributed by atoms with Crippen molar-refractivity contribution in [1.29, 1.82) is 0 Å². The molecule has 1 aromatic carbocycles. The lowest BCUT2D eigenvalue weighted by molar-refractivity contribution is 0.801. The number of hydrogen-bond donors (Lipinski definition) is 0. The molecule has 0 N–H and O–H groups in total. The Morgan fingerprint density at radius 1 is 1.28 bits per heavy atom. The van der Waals surface area contributed by atoms with Crippen LogP contribution in [0.4, 0.5) is 0 Å². The standard InChI is InChI=1S/C13H11ClN4/c1-9(14)12-8-18(17-16-12)13-4-2-3-10-7-15-6-5-11(10)13/h2-9H,1H3. The summed E-state index contributed by atoms with van der Waals surface area (Å²) in [5.41, 5.74) is 1.74. The second kappa shape index (κ2) is 4.38. The Bertz CT molecular complexity index is 685. The molecule has 90 valence electrons. The SMILES string of the molecule is CC(Cl)c1cn(-c2cccc3cnccc23)nn1. The molecule has 0 spiro atoms. The summed E-state index contributed by atoms with van der Waals surface area (Å²) in [5, 5.41) is 10.2. The molecule has 0 fully saturated rings. The van der Waals surface area contributed by atoms with Crippen LogP contribution < -0.4 is 0 Å². The van der Waals surface area contributed by atoms with Crippen LogP contribution in [0.2, 0.25) is 0 Å². The van der Waals surface area contributed by atoms with Crippen LogP contribution in [0, 0.1) is 0 Å². The number of alkyl halides is 1. The zero-order chi connectivity index (χ0) is 12.5. The Hall–Kier alpha value is -1.94. The Labute approximate surface area is 109 Å². The molecule has 4 nitrogen and oxygen atoms in total. The second-order valence-electron chi connectivity index (χ2n) is 4.08. The molecule has 2 aromatic heterocycles. The van der Waals surface area contributed by atoms with Gasteiger partial charge in [-0.1, -0.05) is 17.3 Å². The first-order valence-electron chi connectivity index (χ1n) is 5.65. The van der Waals surface area contributed by atoms with Crippen LogP contribution in [0.25, 0.3) is 16.5 Å². The van der Waals surface area contributed by atoms with Crippen molar-refractivity contribution in [2.75, 3.05) is 0 Å². The number of halogens is 1. The summed E-state index contributed by atoms with van der Waals surface area (Å²) in [4.78, 5) is 4.11. The van der Waals surface area contributed by atoms with E-state index in [1.807, 2.05) is 43.6 Å².